The summed E-state index contributed by atoms with van der Waals surface area (Å²) < 4.78 is 10.5. The SMILES string of the molecule is COc1ccc2cc([C@H](C)C(=O)O[C@@H](C)C(=O)NC(=O)NC3CCCC3)ccc2c1. The highest BCUT2D eigenvalue weighted by Crippen LogP contribution is 2.26. The van der Waals surface area contributed by atoms with Crippen molar-refractivity contribution in [3.63, 3.8) is 0 Å². The maximum absolute atomic E-state index is 12.5. The number of urea groups is 1. The summed E-state index contributed by atoms with van der Waals surface area (Å²) in [6.45, 7) is 3.18. The van der Waals surface area contributed by atoms with Gasteiger partial charge in [0.1, 0.15) is 5.75 Å². The fourth-order valence-corrected chi connectivity index (χ4v) is 3.61. The number of hydrogen-bond acceptors (Lipinski definition) is 5. The van der Waals surface area contributed by atoms with Crippen LogP contribution in [0.1, 0.15) is 51.0 Å². The Morgan fingerprint density at radius 1 is 1.00 bits per heavy atom. The minimum atomic E-state index is -1.07. The van der Waals surface area contributed by atoms with Crippen molar-refractivity contribution in [1.82, 2.24) is 10.6 Å². The van der Waals surface area contributed by atoms with Crippen LogP contribution in [0.25, 0.3) is 10.8 Å². The lowest BCUT2D eigenvalue weighted by atomic mass is 9.98. The van der Waals surface area contributed by atoms with Gasteiger partial charge in [0.2, 0.25) is 0 Å². The number of benzene rings is 2. The molecule has 3 amide bonds. The summed E-state index contributed by atoms with van der Waals surface area (Å²) in [5, 5.41) is 6.99. The van der Waals surface area contributed by atoms with Gasteiger partial charge in [-0.15, -0.1) is 0 Å². The van der Waals surface area contributed by atoms with Gasteiger partial charge in [0.05, 0.1) is 13.0 Å². The minimum Gasteiger partial charge on any atom is -0.497 e. The molecule has 2 aromatic rings. The average Bonchev–Trinajstić information content (AvgIpc) is 3.24. The van der Waals surface area contributed by atoms with E-state index in [-0.39, 0.29) is 6.04 Å². The van der Waals surface area contributed by atoms with E-state index in [2.05, 4.69) is 10.6 Å². The number of carbonyl (C=O) groups is 3. The molecule has 0 aromatic heterocycles. The normalized spacial score (nSPS) is 16.0. The molecule has 0 spiro atoms. The van der Waals surface area contributed by atoms with Crippen LogP contribution in [0.5, 0.6) is 5.75 Å². The number of amides is 3. The third-order valence-corrected chi connectivity index (χ3v) is 5.51. The van der Waals surface area contributed by atoms with Gasteiger partial charge in [-0.25, -0.2) is 4.79 Å². The maximum atomic E-state index is 12.5. The first-order valence-corrected chi connectivity index (χ1v) is 10.3. The third-order valence-electron chi connectivity index (χ3n) is 5.51. The topological polar surface area (TPSA) is 93.7 Å². The van der Waals surface area contributed by atoms with E-state index in [0.29, 0.717) is 0 Å². The molecular formula is C23H28N2O5. The van der Waals surface area contributed by atoms with Crippen molar-refractivity contribution in [2.75, 3.05) is 7.11 Å². The Kier molecular flexibility index (Phi) is 6.92. The molecule has 0 radical (unpaired) electrons. The molecule has 1 aliphatic rings. The van der Waals surface area contributed by atoms with Crippen molar-refractivity contribution in [2.24, 2.45) is 0 Å². The van der Waals surface area contributed by atoms with Crippen LogP contribution in [0, 0.1) is 0 Å². The lowest BCUT2D eigenvalue weighted by Crippen LogP contribution is -2.47. The number of carbonyl (C=O) groups excluding carboxylic acids is 3. The van der Waals surface area contributed by atoms with Gasteiger partial charge in [-0.05, 0) is 55.2 Å². The van der Waals surface area contributed by atoms with Crippen molar-refractivity contribution in [3.05, 3.63) is 42.0 Å². The largest absolute Gasteiger partial charge is 0.497 e. The lowest BCUT2D eigenvalue weighted by molar-refractivity contribution is -0.155. The van der Waals surface area contributed by atoms with E-state index in [1.807, 2.05) is 36.4 Å². The first-order chi connectivity index (χ1) is 14.4. The minimum absolute atomic E-state index is 0.101. The molecule has 0 bridgehead atoms. The molecule has 30 heavy (non-hydrogen) atoms. The summed E-state index contributed by atoms with van der Waals surface area (Å²) in [5.41, 5.74) is 0.782. The molecule has 0 aliphatic heterocycles. The highest BCUT2D eigenvalue weighted by molar-refractivity contribution is 5.97. The monoisotopic (exact) mass is 412 g/mol. The van der Waals surface area contributed by atoms with Gasteiger partial charge in [0.15, 0.2) is 6.10 Å². The molecule has 1 fully saturated rings. The predicted octanol–water partition coefficient (Wildman–Crippen LogP) is 3.65. The van der Waals surface area contributed by atoms with Crippen molar-refractivity contribution in [1.29, 1.82) is 0 Å². The van der Waals surface area contributed by atoms with Crippen molar-refractivity contribution in [3.8, 4) is 5.75 Å². The quantitative estimate of drug-likeness (QED) is 0.707. The second kappa shape index (κ2) is 9.61. The Labute approximate surface area is 176 Å². The Balaban J connectivity index is 1.56. The maximum Gasteiger partial charge on any atom is 0.321 e. The highest BCUT2D eigenvalue weighted by atomic mass is 16.5. The van der Waals surface area contributed by atoms with Crippen LogP contribution in [0.2, 0.25) is 0 Å². The Morgan fingerprint density at radius 3 is 2.37 bits per heavy atom. The zero-order valence-corrected chi connectivity index (χ0v) is 17.6. The molecule has 3 rings (SSSR count). The fourth-order valence-electron chi connectivity index (χ4n) is 3.61. The molecule has 7 heteroatoms. The highest BCUT2D eigenvalue weighted by Gasteiger charge is 2.25. The third kappa shape index (κ3) is 5.28. The molecule has 0 saturated heterocycles. The molecule has 1 saturated carbocycles. The van der Waals surface area contributed by atoms with Gasteiger partial charge in [-0.1, -0.05) is 37.1 Å². The summed E-state index contributed by atoms with van der Waals surface area (Å²) in [6, 6.07) is 10.9. The molecule has 7 nitrogen and oxygen atoms in total. The van der Waals surface area contributed by atoms with Crippen LogP contribution in [0.3, 0.4) is 0 Å². The van der Waals surface area contributed by atoms with Crippen LogP contribution in [0.15, 0.2) is 36.4 Å². The first kappa shape index (κ1) is 21.6. The average molecular weight is 412 g/mol. The molecule has 0 unspecified atom stereocenters. The lowest BCUT2D eigenvalue weighted by Gasteiger charge is -2.18. The van der Waals surface area contributed by atoms with Crippen LogP contribution >= 0.6 is 0 Å². The van der Waals surface area contributed by atoms with E-state index in [1.165, 1.54) is 6.92 Å². The van der Waals surface area contributed by atoms with Crippen LogP contribution in [-0.4, -0.2) is 37.2 Å². The number of rotatable bonds is 6. The predicted molar refractivity (Wildman–Crippen MR) is 113 cm³/mol. The van der Waals surface area contributed by atoms with E-state index >= 15 is 0 Å². The first-order valence-electron chi connectivity index (χ1n) is 10.3. The van der Waals surface area contributed by atoms with Gasteiger partial charge >= 0.3 is 12.0 Å². The zero-order valence-electron chi connectivity index (χ0n) is 17.6. The number of esters is 1. The van der Waals surface area contributed by atoms with E-state index in [4.69, 9.17) is 9.47 Å². The number of hydrogen-bond donors (Lipinski definition) is 2. The van der Waals surface area contributed by atoms with Crippen LogP contribution < -0.4 is 15.4 Å². The zero-order chi connectivity index (χ0) is 21.7. The van der Waals surface area contributed by atoms with Gasteiger partial charge in [-0.3, -0.25) is 14.9 Å². The Hall–Kier alpha value is -3.09. The van der Waals surface area contributed by atoms with Crippen molar-refractivity contribution >= 4 is 28.7 Å². The van der Waals surface area contributed by atoms with Crippen molar-refractivity contribution in [2.45, 2.75) is 57.6 Å². The number of fused-ring (bicyclic) bond motifs is 1. The molecule has 160 valence electrons. The number of imide groups is 1. The molecule has 2 atom stereocenters. The Morgan fingerprint density at radius 2 is 1.67 bits per heavy atom. The molecule has 1 aliphatic carbocycles. The number of ether oxygens (including phenoxy) is 2. The fraction of sp³-hybridized carbons (Fsp3) is 0.435. The van der Waals surface area contributed by atoms with Crippen LogP contribution in [0.4, 0.5) is 4.79 Å². The molecule has 0 heterocycles. The second-order valence-electron chi connectivity index (χ2n) is 7.72. The summed E-state index contributed by atoms with van der Waals surface area (Å²) in [4.78, 5) is 36.7. The van der Waals surface area contributed by atoms with Crippen molar-refractivity contribution < 1.29 is 23.9 Å². The van der Waals surface area contributed by atoms with Gasteiger partial charge in [0, 0.05) is 6.04 Å². The van der Waals surface area contributed by atoms with Crippen LogP contribution in [-0.2, 0) is 14.3 Å². The second-order valence-corrected chi connectivity index (χ2v) is 7.72. The Bertz CT molecular complexity index is 936. The molecule has 2 N–H and O–H groups in total. The van der Waals surface area contributed by atoms with E-state index in [1.54, 1.807) is 14.0 Å². The summed E-state index contributed by atoms with van der Waals surface area (Å²) >= 11 is 0. The number of methoxy groups -OCH3 is 1. The standard InChI is InChI=1S/C23H28N2O5/c1-14(16-8-9-18-13-20(29-3)11-10-17(18)12-16)22(27)30-15(2)21(26)25-23(28)24-19-6-4-5-7-19/h8-15,19H,4-7H2,1-3H3,(H2,24,25,26,28)/t14-,15-/m0/s1. The van der Waals surface area contributed by atoms with E-state index in [9.17, 15) is 14.4 Å². The summed E-state index contributed by atoms with van der Waals surface area (Å²) in [6.07, 6.45) is 2.92. The molecule has 2 aromatic carbocycles. The van der Waals surface area contributed by atoms with Gasteiger partial charge in [-0.2, -0.15) is 0 Å². The van der Waals surface area contributed by atoms with E-state index < -0.39 is 29.9 Å². The number of nitrogens with one attached hydrogen (secondary N) is 2. The van der Waals surface area contributed by atoms with Gasteiger partial charge < -0.3 is 14.8 Å². The molecular weight excluding hydrogens is 384 g/mol. The summed E-state index contributed by atoms with van der Waals surface area (Å²) in [5.74, 6) is -0.961. The van der Waals surface area contributed by atoms with E-state index in [0.717, 1.165) is 47.8 Å². The smallest absolute Gasteiger partial charge is 0.321 e. The van der Waals surface area contributed by atoms with Gasteiger partial charge in [0.25, 0.3) is 5.91 Å². The summed E-state index contributed by atoms with van der Waals surface area (Å²) in [7, 11) is 1.61.